The van der Waals surface area contributed by atoms with Crippen LogP contribution in [-0.4, -0.2) is 42.0 Å². The number of nitrogens with zero attached hydrogens (tertiary/aromatic N) is 3. The van der Waals surface area contributed by atoms with Crippen molar-refractivity contribution < 1.29 is 18.0 Å². The van der Waals surface area contributed by atoms with Gasteiger partial charge in [0, 0.05) is 39.3 Å². The molecule has 1 aliphatic heterocycles. The van der Waals surface area contributed by atoms with Crippen molar-refractivity contribution in [2.24, 2.45) is 0 Å². The average Bonchev–Trinajstić information content (AvgIpc) is 2.82. The molecule has 5 nitrogen and oxygen atoms in total. The number of rotatable bonds is 4. The summed E-state index contributed by atoms with van der Waals surface area (Å²) >= 11 is 0. The lowest BCUT2D eigenvalue weighted by atomic mass is 10.0. The van der Waals surface area contributed by atoms with Gasteiger partial charge in [-0.25, -0.2) is 4.79 Å². The Morgan fingerprint density at radius 2 is 1.70 bits per heavy atom. The van der Waals surface area contributed by atoms with Crippen LogP contribution >= 0.6 is 0 Å². The van der Waals surface area contributed by atoms with Gasteiger partial charge in [0.15, 0.2) is 0 Å². The van der Waals surface area contributed by atoms with Crippen LogP contribution in [0, 0.1) is 11.3 Å². The summed E-state index contributed by atoms with van der Waals surface area (Å²) in [7, 11) is 0. The number of nitrogens with one attached hydrogen (secondary N) is 1. The summed E-state index contributed by atoms with van der Waals surface area (Å²) in [4.78, 5) is 16.4. The van der Waals surface area contributed by atoms with E-state index in [9.17, 15) is 18.0 Å². The summed E-state index contributed by atoms with van der Waals surface area (Å²) in [6.07, 6.45) is -4.60. The number of carbonyl (C=O) groups is 1. The number of benzene rings is 3. The maximum absolute atomic E-state index is 13.3. The zero-order valence-corrected chi connectivity index (χ0v) is 17.9. The van der Waals surface area contributed by atoms with E-state index in [1.54, 1.807) is 11.0 Å². The Kier molecular flexibility index (Phi) is 6.52. The summed E-state index contributed by atoms with van der Waals surface area (Å²) in [6.45, 7) is 2.89. The van der Waals surface area contributed by atoms with E-state index in [-0.39, 0.29) is 17.7 Å². The fourth-order valence-corrected chi connectivity index (χ4v) is 4.05. The molecule has 1 saturated heterocycles. The molecule has 0 unspecified atom stereocenters. The Bertz CT molecular complexity index is 1190. The number of piperazine rings is 1. The van der Waals surface area contributed by atoms with Gasteiger partial charge in [-0.2, -0.15) is 18.4 Å². The molecule has 4 rings (SSSR count). The van der Waals surface area contributed by atoms with E-state index in [1.165, 1.54) is 28.5 Å². The first-order chi connectivity index (χ1) is 15.8. The van der Waals surface area contributed by atoms with Crippen molar-refractivity contribution in [2.75, 3.05) is 26.2 Å². The number of amides is 2. The number of hydrogen-bond acceptors (Lipinski definition) is 3. The molecule has 1 fully saturated rings. The highest BCUT2D eigenvalue weighted by Crippen LogP contribution is 2.32. The topological polar surface area (TPSA) is 59.4 Å². The fourth-order valence-electron chi connectivity index (χ4n) is 4.05. The largest absolute Gasteiger partial charge is 0.416 e. The Morgan fingerprint density at radius 3 is 2.39 bits per heavy atom. The maximum atomic E-state index is 13.3. The van der Waals surface area contributed by atoms with E-state index < -0.39 is 17.8 Å². The summed E-state index contributed by atoms with van der Waals surface area (Å²) < 4.78 is 39.9. The molecule has 2 amide bonds. The first kappa shape index (κ1) is 22.6. The molecular formula is C25H23F3N4O. The molecule has 3 aromatic rings. The molecule has 0 spiro atoms. The van der Waals surface area contributed by atoms with Crippen molar-refractivity contribution >= 4 is 16.8 Å². The van der Waals surface area contributed by atoms with Crippen molar-refractivity contribution in [3.05, 3.63) is 82.9 Å². The minimum absolute atomic E-state index is 0.0650. The molecule has 0 bridgehead atoms. The van der Waals surface area contributed by atoms with Crippen LogP contribution < -0.4 is 5.32 Å². The van der Waals surface area contributed by atoms with Gasteiger partial charge in [0.25, 0.3) is 0 Å². The van der Waals surface area contributed by atoms with E-state index in [1.807, 2.05) is 12.1 Å². The van der Waals surface area contributed by atoms with E-state index in [2.05, 4.69) is 40.5 Å². The van der Waals surface area contributed by atoms with Gasteiger partial charge >= 0.3 is 12.2 Å². The van der Waals surface area contributed by atoms with E-state index in [0.717, 1.165) is 12.6 Å². The number of hydrogen-bond donors (Lipinski definition) is 1. The third-order valence-electron chi connectivity index (χ3n) is 5.85. The van der Waals surface area contributed by atoms with Crippen LogP contribution in [0.25, 0.3) is 10.8 Å². The number of alkyl halides is 3. The zero-order valence-electron chi connectivity index (χ0n) is 17.9. The van der Waals surface area contributed by atoms with Crippen molar-refractivity contribution in [3.63, 3.8) is 0 Å². The number of carbonyl (C=O) groups excluding carboxylic acids is 1. The summed E-state index contributed by atoms with van der Waals surface area (Å²) in [5, 5.41) is 13.8. The van der Waals surface area contributed by atoms with Gasteiger partial charge in [-0.1, -0.05) is 42.5 Å². The maximum Gasteiger partial charge on any atom is 0.416 e. The first-order valence-electron chi connectivity index (χ1n) is 10.7. The molecular weight excluding hydrogens is 429 g/mol. The molecule has 8 heteroatoms. The highest BCUT2D eigenvalue weighted by molar-refractivity contribution is 5.83. The number of nitriles is 1. The van der Waals surface area contributed by atoms with Gasteiger partial charge in [-0.05, 0) is 40.1 Å². The van der Waals surface area contributed by atoms with Gasteiger partial charge in [0.1, 0.15) is 0 Å². The summed E-state index contributed by atoms with van der Waals surface area (Å²) in [5.74, 6) is 0. The highest BCUT2D eigenvalue weighted by Gasteiger charge is 2.33. The number of fused-ring (bicyclic) bond motifs is 1. The van der Waals surface area contributed by atoms with Crippen molar-refractivity contribution in [3.8, 4) is 6.07 Å². The molecule has 3 aromatic carbocycles. The van der Waals surface area contributed by atoms with Crippen LogP contribution in [0.3, 0.4) is 0 Å². The van der Waals surface area contributed by atoms with Gasteiger partial charge in [0.2, 0.25) is 0 Å². The van der Waals surface area contributed by atoms with Gasteiger partial charge < -0.3 is 10.2 Å². The number of halogens is 3. The van der Waals surface area contributed by atoms with Crippen LogP contribution in [0.15, 0.2) is 60.7 Å². The monoisotopic (exact) mass is 452 g/mol. The number of urea groups is 1. The van der Waals surface area contributed by atoms with Crippen LogP contribution in [0.2, 0.25) is 0 Å². The van der Waals surface area contributed by atoms with Gasteiger partial charge in [-0.15, -0.1) is 0 Å². The second kappa shape index (κ2) is 9.51. The first-order valence-corrected chi connectivity index (χ1v) is 10.7. The molecule has 0 radical (unpaired) electrons. The smallest absolute Gasteiger partial charge is 0.334 e. The average molecular weight is 452 g/mol. The normalized spacial score (nSPS) is 14.8. The highest BCUT2D eigenvalue weighted by atomic mass is 19.4. The molecule has 0 aromatic heterocycles. The standard InChI is InChI=1S/C25H23F3N4O/c26-25(27,28)23-14-18(15-29)5-8-22(23)16-30-24(33)32-11-9-31(10-12-32)17-19-6-7-20-3-1-2-4-21(20)13-19/h1-8,13-14H,9-12,16-17H2,(H,30,33). The molecule has 33 heavy (non-hydrogen) atoms. The van der Waals surface area contributed by atoms with Crippen molar-refractivity contribution in [2.45, 2.75) is 19.3 Å². The third-order valence-corrected chi connectivity index (χ3v) is 5.85. The van der Waals surface area contributed by atoms with Crippen LogP contribution in [-0.2, 0) is 19.3 Å². The molecule has 1 N–H and O–H groups in total. The minimum Gasteiger partial charge on any atom is -0.334 e. The Hall–Kier alpha value is -3.57. The van der Waals surface area contributed by atoms with E-state index in [4.69, 9.17) is 5.26 Å². The molecule has 0 aliphatic carbocycles. The van der Waals surface area contributed by atoms with Crippen LogP contribution in [0.5, 0.6) is 0 Å². The molecule has 1 heterocycles. The predicted octanol–water partition coefficient (Wildman–Crippen LogP) is 4.76. The lowest BCUT2D eigenvalue weighted by Crippen LogP contribution is -2.51. The van der Waals surface area contributed by atoms with E-state index in [0.29, 0.717) is 26.2 Å². The molecule has 170 valence electrons. The SMILES string of the molecule is N#Cc1ccc(CNC(=O)N2CCN(Cc3ccc4ccccc4c3)CC2)c(C(F)(F)F)c1. The van der Waals surface area contributed by atoms with Gasteiger partial charge in [-0.3, -0.25) is 4.90 Å². The van der Waals surface area contributed by atoms with Gasteiger partial charge in [0.05, 0.1) is 17.2 Å². The summed E-state index contributed by atoms with van der Waals surface area (Å²) in [6, 6.07) is 19.3. The second-order valence-corrected chi connectivity index (χ2v) is 8.08. The zero-order chi connectivity index (χ0) is 23.4. The minimum atomic E-state index is -4.60. The lowest BCUT2D eigenvalue weighted by molar-refractivity contribution is -0.138. The van der Waals surface area contributed by atoms with Crippen molar-refractivity contribution in [1.29, 1.82) is 5.26 Å². The fraction of sp³-hybridized carbons (Fsp3) is 0.280. The second-order valence-electron chi connectivity index (χ2n) is 8.08. The van der Waals surface area contributed by atoms with Crippen molar-refractivity contribution in [1.82, 2.24) is 15.1 Å². The quantitative estimate of drug-likeness (QED) is 0.621. The summed E-state index contributed by atoms with van der Waals surface area (Å²) in [5.41, 5.74) is 0.166. The predicted molar refractivity (Wildman–Crippen MR) is 119 cm³/mol. The molecule has 0 atom stereocenters. The lowest BCUT2D eigenvalue weighted by Gasteiger charge is -2.34. The Labute approximate surface area is 190 Å². The molecule has 1 aliphatic rings. The third kappa shape index (κ3) is 5.44. The Balaban J connectivity index is 1.31. The van der Waals surface area contributed by atoms with Crippen LogP contribution in [0.4, 0.5) is 18.0 Å². The molecule has 0 saturated carbocycles. The van der Waals surface area contributed by atoms with E-state index >= 15 is 0 Å². The Morgan fingerprint density at radius 1 is 0.970 bits per heavy atom. The van der Waals surface area contributed by atoms with Crippen LogP contribution in [0.1, 0.15) is 22.3 Å².